The van der Waals surface area contributed by atoms with Crippen LogP contribution in [0.4, 0.5) is 0 Å². The van der Waals surface area contributed by atoms with Gasteiger partial charge in [0.1, 0.15) is 29.6 Å². The Morgan fingerprint density at radius 1 is 1.12 bits per heavy atom. The molecule has 0 unspecified atom stereocenters. The van der Waals surface area contributed by atoms with Gasteiger partial charge < -0.3 is 14.2 Å². The zero-order chi connectivity index (χ0) is 17.1. The molecule has 0 radical (unpaired) electrons. The van der Waals surface area contributed by atoms with Gasteiger partial charge in [-0.2, -0.15) is 0 Å². The lowest BCUT2D eigenvalue weighted by molar-refractivity contribution is 0.184. The van der Waals surface area contributed by atoms with Crippen molar-refractivity contribution in [2.45, 2.75) is 19.8 Å². The summed E-state index contributed by atoms with van der Waals surface area (Å²) in [5.41, 5.74) is 4.34. The molecule has 0 aliphatic carbocycles. The van der Waals surface area contributed by atoms with Gasteiger partial charge in [-0.1, -0.05) is 37.5 Å². The standard InChI is InChI=1S/C21H22O3/c1-5-8-18-14(6-2)11-16-9-10-19-17(21(16)24-18)12-15(7-3)20(23-19)13-22-4/h5-10H,2-3,11-13H2,1,4H3/b8-5-. The quantitative estimate of drug-likeness (QED) is 0.789. The zero-order valence-electron chi connectivity index (χ0n) is 14.2. The number of methoxy groups -OCH3 is 1. The summed E-state index contributed by atoms with van der Waals surface area (Å²) in [4.78, 5) is 0. The van der Waals surface area contributed by atoms with Crippen LogP contribution in [0.2, 0.25) is 0 Å². The Kier molecular flexibility index (Phi) is 4.72. The SMILES string of the molecule is C=CC1=C(/C=C\C)Oc2c(ccc3c2CC(C=C)=C(COC)O3)C1. The Labute approximate surface area is 143 Å². The van der Waals surface area contributed by atoms with Gasteiger partial charge in [-0.15, -0.1) is 0 Å². The van der Waals surface area contributed by atoms with Gasteiger partial charge in [-0.25, -0.2) is 0 Å². The maximum atomic E-state index is 6.22. The second-order valence-electron chi connectivity index (χ2n) is 5.77. The smallest absolute Gasteiger partial charge is 0.138 e. The summed E-state index contributed by atoms with van der Waals surface area (Å²) < 4.78 is 17.5. The molecule has 124 valence electrons. The van der Waals surface area contributed by atoms with Crippen LogP contribution in [-0.4, -0.2) is 13.7 Å². The fourth-order valence-corrected chi connectivity index (χ4v) is 3.05. The van der Waals surface area contributed by atoms with Crippen LogP contribution < -0.4 is 9.47 Å². The molecule has 3 nitrogen and oxygen atoms in total. The van der Waals surface area contributed by atoms with E-state index in [1.807, 2.05) is 37.3 Å². The van der Waals surface area contributed by atoms with Crippen molar-refractivity contribution in [3.8, 4) is 11.5 Å². The molecule has 2 heterocycles. The average Bonchev–Trinajstić information content (AvgIpc) is 2.61. The Hall–Kier alpha value is -2.52. The predicted molar refractivity (Wildman–Crippen MR) is 96.2 cm³/mol. The van der Waals surface area contributed by atoms with Crippen LogP contribution >= 0.6 is 0 Å². The van der Waals surface area contributed by atoms with Gasteiger partial charge in [-0.05, 0) is 35.8 Å². The highest BCUT2D eigenvalue weighted by Crippen LogP contribution is 2.43. The Bertz CT molecular complexity index is 779. The molecule has 0 N–H and O–H groups in total. The van der Waals surface area contributed by atoms with Gasteiger partial charge in [-0.3, -0.25) is 0 Å². The van der Waals surface area contributed by atoms with Crippen molar-refractivity contribution in [3.05, 3.63) is 83.4 Å². The number of rotatable bonds is 5. The molecule has 0 aromatic heterocycles. The van der Waals surface area contributed by atoms with Crippen molar-refractivity contribution in [3.63, 3.8) is 0 Å². The fourth-order valence-electron chi connectivity index (χ4n) is 3.05. The van der Waals surface area contributed by atoms with Crippen LogP contribution in [-0.2, 0) is 17.6 Å². The summed E-state index contributed by atoms with van der Waals surface area (Å²) >= 11 is 0. The molecule has 0 atom stereocenters. The highest BCUT2D eigenvalue weighted by molar-refractivity contribution is 5.59. The molecule has 3 rings (SSSR count). The number of ether oxygens (including phenoxy) is 3. The number of hydrogen-bond acceptors (Lipinski definition) is 3. The fraction of sp³-hybridized carbons (Fsp3) is 0.238. The minimum absolute atomic E-state index is 0.434. The van der Waals surface area contributed by atoms with Crippen molar-refractivity contribution in [2.24, 2.45) is 0 Å². The van der Waals surface area contributed by atoms with E-state index >= 15 is 0 Å². The lowest BCUT2D eigenvalue weighted by atomic mass is 9.92. The normalized spacial score (nSPS) is 16.4. The lowest BCUT2D eigenvalue weighted by Crippen LogP contribution is -2.17. The van der Waals surface area contributed by atoms with Gasteiger partial charge in [0.2, 0.25) is 0 Å². The second-order valence-corrected chi connectivity index (χ2v) is 5.77. The molecule has 0 spiro atoms. The number of benzene rings is 1. The van der Waals surface area contributed by atoms with Crippen molar-refractivity contribution in [1.82, 2.24) is 0 Å². The summed E-state index contributed by atoms with van der Waals surface area (Å²) in [7, 11) is 1.66. The molecule has 1 aromatic carbocycles. The molecule has 2 aliphatic heterocycles. The van der Waals surface area contributed by atoms with Crippen molar-refractivity contribution >= 4 is 0 Å². The Morgan fingerprint density at radius 3 is 2.58 bits per heavy atom. The van der Waals surface area contributed by atoms with Crippen LogP contribution in [0.25, 0.3) is 0 Å². The summed E-state index contributed by atoms with van der Waals surface area (Å²) in [5, 5.41) is 0. The molecule has 24 heavy (non-hydrogen) atoms. The van der Waals surface area contributed by atoms with E-state index in [1.165, 1.54) is 0 Å². The first-order chi connectivity index (χ1) is 11.7. The maximum Gasteiger partial charge on any atom is 0.138 e. The minimum atomic E-state index is 0.434. The van der Waals surface area contributed by atoms with Crippen LogP contribution in [0.5, 0.6) is 11.5 Å². The third kappa shape index (κ3) is 2.83. The minimum Gasteiger partial charge on any atom is -0.459 e. The van der Waals surface area contributed by atoms with Crippen molar-refractivity contribution in [1.29, 1.82) is 0 Å². The van der Waals surface area contributed by atoms with Gasteiger partial charge in [0, 0.05) is 25.5 Å². The molecular weight excluding hydrogens is 300 g/mol. The van der Waals surface area contributed by atoms with Crippen molar-refractivity contribution < 1.29 is 14.2 Å². The Morgan fingerprint density at radius 2 is 1.92 bits per heavy atom. The van der Waals surface area contributed by atoms with E-state index in [0.717, 1.165) is 58.1 Å². The highest BCUT2D eigenvalue weighted by atomic mass is 16.5. The summed E-state index contributed by atoms with van der Waals surface area (Å²) in [6, 6.07) is 4.07. The molecular formula is C21H22O3. The van der Waals surface area contributed by atoms with E-state index in [0.29, 0.717) is 6.61 Å². The summed E-state index contributed by atoms with van der Waals surface area (Å²) in [6.45, 7) is 10.2. The molecule has 0 amide bonds. The monoisotopic (exact) mass is 322 g/mol. The first-order valence-corrected chi connectivity index (χ1v) is 8.04. The third-order valence-electron chi connectivity index (χ3n) is 4.25. The third-order valence-corrected chi connectivity index (χ3v) is 4.25. The second kappa shape index (κ2) is 6.93. The maximum absolute atomic E-state index is 6.22. The van der Waals surface area contributed by atoms with Gasteiger partial charge >= 0.3 is 0 Å². The number of fused-ring (bicyclic) bond motifs is 3. The average molecular weight is 322 g/mol. The topological polar surface area (TPSA) is 27.7 Å². The van der Waals surface area contributed by atoms with Crippen LogP contribution in [0.15, 0.2) is 72.3 Å². The Balaban J connectivity index is 2.03. The van der Waals surface area contributed by atoms with Crippen LogP contribution in [0, 0.1) is 0 Å². The van der Waals surface area contributed by atoms with E-state index in [2.05, 4.69) is 19.2 Å². The predicted octanol–water partition coefficient (Wildman–Crippen LogP) is 4.66. The van der Waals surface area contributed by atoms with Crippen LogP contribution in [0.1, 0.15) is 18.1 Å². The van der Waals surface area contributed by atoms with Gasteiger partial charge in [0.25, 0.3) is 0 Å². The lowest BCUT2D eigenvalue weighted by Gasteiger charge is -2.28. The molecule has 0 saturated heterocycles. The van der Waals surface area contributed by atoms with Crippen molar-refractivity contribution in [2.75, 3.05) is 13.7 Å². The molecule has 2 aliphatic rings. The zero-order valence-corrected chi connectivity index (χ0v) is 14.2. The van der Waals surface area contributed by atoms with E-state index in [-0.39, 0.29) is 0 Å². The molecule has 3 heteroatoms. The molecule has 1 aromatic rings. The van der Waals surface area contributed by atoms with E-state index < -0.39 is 0 Å². The summed E-state index contributed by atoms with van der Waals surface area (Å²) in [6.07, 6.45) is 9.18. The van der Waals surface area contributed by atoms with E-state index in [9.17, 15) is 0 Å². The first kappa shape index (κ1) is 16.3. The van der Waals surface area contributed by atoms with E-state index in [4.69, 9.17) is 14.2 Å². The number of allylic oxidation sites excluding steroid dienone is 6. The molecule has 0 saturated carbocycles. The first-order valence-electron chi connectivity index (χ1n) is 8.04. The number of hydrogen-bond donors (Lipinski definition) is 0. The van der Waals surface area contributed by atoms with Crippen LogP contribution in [0.3, 0.4) is 0 Å². The summed E-state index contributed by atoms with van der Waals surface area (Å²) in [5.74, 6) is 3.38. The highest BCUT2D eigenvalue weighted by Gasteiger charge is 2.27. The molecule has 0 fully saturated rings. The van der Waals surface area contributed by atoms with E-state index in [1.54, 1.807) is 7.11 Å². The van der Waals surface area contributed by atoms with Gasteiger partial charge in [0.05, 0.1) is 0 Å². The largest absolute Gasteiger partial charge is 0.459 e. The molecule has 0 bridgehead atoms. The van der Waals surface area contributed by atoms with Gasteiger partial charge in [0.15, 0.2) is 0 Å².